The van der Waals surface area contributed by atoms with Crippen LogP contribution in [0.5, 0.6) is 11.5 Å². The minimum atomic E-state index is -0.761. The zero-order chi connectivity index (χ0) is 22.2. The fourth-order valence-corrected chi connectivity index (χ4v) is 4.91. The Kier molecular flexibility index (Phi) is 5.31. The van der Waals surface area contributed by atoms with E-state index in [-0.39, 0.29) is 5.91 Å². The fraction of sp³-hybridized carbons (Fsp3) is 0.231. The Bertz CT molecular complexity index is 1280. The zero-order valence-corrected chi connectivity index (χ0v) is 19.1. The zero-order valence-electron chi connectivity index (χ0n) is 18.2. The molecular weight excluding hydrogens is 420 g/mol. The molecule has 0 fully saturated rings. The van der Waals surface area contributed by atoms with Crippen LogP contribution in [0.25, 0.3) is 10.2 Å². The molecule has 2 atom stereocenters. The number of aryl methyl sites for hydroxylation is 2. The topological polar surface area (TPSA) is 51.7 Å². The molecule has 32 heavy (non-hydrogen) atoms. The highest BCUT2D eigenvalue weighted by Crippen LogP contribution is 2.36. The number of nitrogens with zero attached hydrogens (tertiary/aromatic N) is 2. The van der Waals surface area contributed by atoms with E-state index in [2.05, 4.69) is 26.0 Å². The van der Waals surface area contributed by atoms with Gasteiger partial charge >= 0.3 is 0 Å². The van der Waals surface area contributed by atoms with Crippen molar-refractivity contribution in [3.8, 4) is 11.5 Å². The molecule has 1 aromatic heterocycles. The highest BCUT2D eigenvalue weighted by molar-refractivity contribution is 7.22. The van der Waals surface area contributed by atoms with Crippen LogP contribution in [0.15, 0.2) is 66.7 Å². The van der Waals surface area contributed by atoms with Crippen molar-refractivity contribution in [2.75, 3.05) is 4.90 Å². The van der Waals surface area contributed by atoms with Gasteiger partial charge in [-0.3, -0.25) is 9.69 Å². The Morgan fingerprint density at radius 1 is 0.969 bits per heavy atom. The molecule has 5 nitrogen and oxygen atoms in total. The molecule has 0 radical (unpaired) electrons. The molecule has 1 aliphatic rings. The number of hydrogen-bond donors (Lipinski definition) is 0. The minimum absolute atomic E-state index is 0.163. The van der Waals surface area contributed by atoms with Crippen LogP contribution in [0.1, 0.15) is 23.6 Å². The Morgan fingerprint density at radius 2 is 1.66 bits per heavy atom. The maximum atomic E-state index is 13.8. The van der Waals surface area contributed by atoms with Crippen LogP contribution in [-0.2, 0) is 11.3 Å². The fourth-order valence-electron chi connectivity index (χ4n) is 3.88. The van der Waals surface area contributed by atoms with Crippen molar-refractivity contribution < 1.29 is 14.3 Å². The summed E-state index contributed by atoms with van der Waals surface area (Å²) in [5.74, 6) is 1.08. The molecule has 6 heteroatoms. The number of amides is 1. The smallest absolute Gasteiger partial charge is 0.274 e. The lowest BCUT2D eigenvalue weighted by Crippen LogP contribution is -2.50. The summed E-state index contributed by atoms with van der Waals surface area (Å²) in [5, 5.41) is 0.664. The van der Waals surface area contributed by atoms with Gasteiger partial charge in [-0.2, -0.15) is 0 Å². The second-order valence-electron chi connectivity index (χ2n) is 8.07. The van der Waals surface area contributed by atoms with Gasteiger partial charge in [-0.25, -0.2) is 4.98 Å². The van der Waals surface area contributed by atoms with E-state index in [0.717, 1.165) is 21.3 Å². The van der Waals surface area contributed by atoms with Crippen LogP contribution in [0.3, 0.4) is 0 Å². The molecule has 1 amide bonds. The Hall–Kier alpha value is -3.38. The van der Waals surface area contributed by atoms with E-state index >= 15 is 0 Å². The van der Waals surface area contributed by atoms with Gasteiger partial charge in [0.15, 0.2) is 16.6 Å². The quantitative estimate of drug-likeness (QED) is 0.407. The van der Waals surface area contributed by atoms with Crippen LogP contribution in [-0.4, -0.2) is 23.1 Å². The molecule has 0 bridgehead atoms. The summed E-state index contributed by atoms with van der Waals surface area (Å²) in [4.78, 5) is 20.5. The molecule has 4 aromatic rings. The molecule has 162 valence electrons. The number of anilines is 1. The van der Waals surface area contributed by atoms with Gasteiger partial charge in [-0.1, -0.05) is 59.9 Å². The van der Waals surface area contributed by atoms with Gasteiger partial charge < -0.3 is 9.47 Å². The number of aromatic nitrogens is 1. The van der Waals surface area contributed by atoms with E-state index in [1.807, 2.05) is 61.5 Å². The highest BCUT2D eigenvalue weighted by Gasteiger charge is 2.38. The van der Waals surface area contributed by atoms with Crippen molar-refractivity contribution in [2.45, 2.75) is 39.5 Å². The average Bonchev–Trinajstić information content (AvgIpc) is 3.24. The van der Waals surface area contributed by atoms with E-state index in [1.54, 1.807) is 4.90 Å². The summed E-state index contributed by atoms with van der Waals surface area (Å²) in [6.07, 6.45) is -1.18. The van der Waals surface area contributed by atoms with E-state index in [1.165, 1.54) is 16.9 Å². The normalized spacial score (nSPS) is 17.3. The number of rotatable bonds is 4. The Balaban J connectivity index is 1.54. The second kappa shape index (κ2) is 8.28. The van der Waals surface area contributed by atoms with Gasteiger partial charge in [-0.05, 0) is 55.7 Å². The van der Waals surface area contributed by atoms with Gasteiger partial charge in [0.05, 0.1) is 16.8 Å². The van der Waals surface area contributed by atoms with Crippen molar-refractivity contribution >= 4 is 32.6 Å². The molecule has 0 saturated heterocycles. The van der Waals surface area contributed by atoms with Gasteiger partial charge in [0.1, 0.15) is 6.10 Å². The predicted octanol–water partition coefficient (Wildman–Crippen LogP) is 5.67. The summed E-state index contributed by atoms with van der Waals surface area (Å²) in [7, 11) is 0. The molecule has 3 aromatic carbocycles. The van der Waals surface area contributed by atoms with Crippen LogP contribution in [0, 0.1) is 13.8 Å². The van der Waals surface area contributed by atoms with Crippen LogP contribution in [0.2, 0.25) is 0 Å². The summed E-state index contributed by atoms with van der Waals surface area (Å²) in [5.41, 5.74) is 4.29. The molecule has 5 rings (SSSR count). The first-order valence-electron chi connectivity index (χ1n) is 10.7. The van der Waals surface area contributed by atoms with Crippen molar-refractivity contribution in [1.82, 2.24) is 4.98 Å². The largest absolute Gasteiger partial charge is 0.482 e. The van der Waals surface area contributed by atoms with E-state index in [4.69, 9.17) is 14.5 Å². The SMILES string of the molecule is Cc1ccc2sc(N(Cc3ccccc3)C(=O)C3Oc4ccccc4OC3C)nc2c1C. The lowest BCUT2D eigenvalue weighted by atomic mass is 10.1. The van der Waals surface area contributed by atoms with Gasteiger partial charge in [0, 0.05) is 0 Å². The molecule has 0 saturated carbocycles. The summed E-state index contributed by atoms with van der Waals surface area (Å²) in [6.45, 7) is 6.42. The molecule has 0 aliphatic carbocycles. The Labute approximate surface area is 191 Å². The van der Waals surface area contributed by atoms with E-state index in [9.17, 15) is 4.79 Å². The summed E-state index contributed by atoms with van der Waals surface area (Å²) < 4.78 is 13.2. The third-order valence-electron chi connectivity index (χ3n) is 5.84. The van der Waals surface area contributed by atoms with Crippen molar-refractivity contribution in [3.05, 3.63) is 83.4 Å². The second-order valence-corrected chi connectivity index (χ2v) is 9.08. The number of para-hydroxylation sites is 2. The number of carbonyl (C=O) groups is 1. The monoisotopic (exact) mass is 444 g/mol. The van der Waals surface area contributed by atoms with Gasteiger partial charge in [-0.15, -0.1) is 0 Å². The van der Waals surface area contributed by atoms with Crippen molar-refractivity contribution in [2.24, 2.45) is 0 Å². The number of fused-ring (bicyclic) bond motifs is 2. The molecular formula is C26H24N2O3S. The third kappa shape index (κ3) is 3.71. The maximum Gasteiger partial charge on any atom is 0.274 e. The number of ether oxygens (including phenoxy) is 2. The van der Waals surface area contributed by atoms with Crippen LogP contribution >= 0.6 is 11.3 Å². The van der Waals surface area contributed by atoms with Crippen molar-refractivity contribution in [3.63, 3.8) is 0 Å². The van der Waals surface area contributed by atoms with E-state index in [0.29, 0.717) is 23.2 Å². The summed E-state index contributed by atoms with van der Waals surface area (Å²) >= 11 is 1.52. The van der Waals surface area contributed by atoms with Crippen LogP contribution < -0.4 is 14.4 Å². The first-order valence-corrected chi connectivity index (χ1v) is 11.5. The molecule has 0 spiro atoms. The standard InChI is InChI=1S/C26H24N2O3S/c1-16-13-14-22-23(17(16)2)27-26(32-22)28(15-19-9-5-4-6-10-19)25(29)24-18(3)30-20-11-7-8-12-21(20)31-24/h4-14,18,24H,15H2,1-3H3. The maximum absolute atomic E-state index is 13.8. The van der Waals surface area contributed by atoms with E-state index < -0.39 is 12.2 Å². The molecule has 2 unspecified atom stereocenters. The lowest BCUT2D eigenvalue weighted by Gasteiger charge is -2.33. The van der Waals surface area contributed by atoms with Crippen LogP contribution in [0.4, 0.5) is 5.13 Å². The van der Waals surface area contributed by atoms with Crippen molar-refractivity contribution in [1.29, 1.82) is 0 Å². The molecule has 2 heterocycles. The lowest BCUT2D eigenvalue weighted by molar-refractivity contribution is -0.130. The number of carbonyl (C=O) groups excluding carboxylic acids is 1. The number of thiazole rings is 1. The number of hydrogen-bond acceptors (Lipinski definition) is 5. The minimum Gasteiger partial charge on any atom is -0.482 e. The van der Waals surface area contributed by atoms with Gasteiger partial charge in [0.25, 0.3) is 5.91 Å². The Morgan fingerprint density at radius 3 is 2.41 bits per heavy atom. The first-order chi connectivity index (χ1) is 15.5. The van der Waals surface area contributed by atoms with Gasteiger partial charge in [0.2, 0.25) is 6.10 Å². The average molecular weight is 445 g/mol. The molecule has 0 N–H and O–H groups in total. The summed E-state index contributed by atoms with van der Waals surface area (Å²) in [6, 6.07) is 21.6. The number of benzene rings is 3. The predicted molar refractivity (Wildman–Crippen MR) is 128 cm³/mol. The highest BCUT2D eigenvalue weighted by atomic mass is 32.1. The first kappa shape index (κ1) is 20.5. The molecule has 1 aliphatic heterocycles. The third-order valence-corrected chi connectivity index (χ3v) is 6.88.